The van der Waals surface area contributed by atoms with Crippen LogP contribution in [0.25, 0.3) is 0 Å². The van der Waals surface area contributed by atoms with Gasteiger partial charge in [0.25, 0.3) is 0 Å². The molecule has 2 atom stereocenters. The molecule has 124 valence electrons. The lowest BCUT2D eigenvalue weighted by atomic mass is 10.2. The number of rotatable bonds is 4. The molecule has 0 aromatic heterocycles. The van der Waals surface area contributed by atoms with E-state index in [0.29, 0.717) is 18.0 Å². The summed E-state index contributed by atoms with van der Waals surface area (Å²) in [7, 11) is 0. The van der Waals surface area contributed by atoms with E-state index in [1.54, 1.807) is 0 Å². The Balaban J connectivity index is 1.46. The lowest BCUT2D eigenvalue weighted by Crippen LogP contribution is -2.35. The summed E-state index contributed by atoms with van der Waals surface area (Å²) in [5.41, 5.74) is 1.01. The van der Waals surface area contributed by atoms with Gasteiger partial charge in [-0.25, -0.2) is 0 Å². The molecule has 2 aliphatic rings. The average Bonchev–Trinajstić information content (AvgIpc) is 3.37. The number of carbonyl (C=O) groups excluding carboxylic acids is 2. The third-order valence-corrected chi connectivity index (χ3v) is 4.99. The molecule has 2 fully saturated rings. The number of amides is 2. The number of nitrogens with zero attached hydrogens (tertiary/aromatic N) is 1. The second-order valence-corrected chi connectivity index (χ2v) is 6.97. The first kappa shape index (κ1) is 16.3. The summed E-state index contributed by atoms with van der Waals surface area (Å²) in [6.45, 7) is 2.19. The van der Waals surface area contributed by atoms with E-state index in [2.05, 4.69) is 5.32 Å². The first-order valence-corrected chi connectivity index (χ1v) is 8.84. The van der Waals surface area contributed by atoms with E-state index in [-0.39, 0.29) is 23.7 Å². The van der Waals surface area contributed by atoms with Gasteiger partial charge in [0.2, 0.25) is 11.8 Å². The molecule has 1 saturated heterocycles. The van der Waals surface area contributed by atoms with Crippen LogP contribution in [0.1, 0.15) is 37.7 Å². The molecule has 3 rings (SSSR count). The van der Waals surface area contributed by atoms with Crippen molar-refractivity contribution >= 4 is 23.4 Å². The number of likely N-dealkylation sites (tertiary alicyclic amines) is 1. The Hall–Kier alpha value is -1.55. The summed E-state index contributed by atoms with van der Waals surface area (Å²) in [5, 5.41) is 3.61. The van der Waals surface area contributed by atoms with E-state index in [4.69, 9.17) is 11.6 Å². The minimum absolute atomic E-state index is 0.00637. The van der Waals surface area contributed by atoms with Crippen LogP contribution in [0.2, 0.25) is 5.02 Å². The highest BCUT2D eigenvalue weighted by atomic mass is 35.5. The molecule has 1 aliphatic carbocycles. The highest BCUT2D eigenvalue weighted by Crippen LogP contribution is 2.40. The summed E-state index contributed by atoms with van der Waals surface area (Å²) in [4.78, 5) is 26.6. The third kappa shape index (κ3) is 4.25. The van der Waals surface area contributed by atoms with Crippen molar-refractivity contribution in [1.29, 1.82) is 0 Å². The zero-order valence-electron chi connectivity index (χ0n) is 13.3. The SMILES string of the molecule is O=C(NCc1ccc(Cl)cc1)C1CC1C(=O)N1CCCCCC1. The van der Waals surface area contributed by atoms with Gasteiger partial charge in [0.15, 0.2) is 0 Å². The summed E-state index contributed by atoms with van der Waals surface area (Å²) >= 11 is 5.84. The monoisotopic (exact) mass is 334 g/mol. The minimum atomic E-state index is -0.141. The number of hydrogen-bond acceptors (Lipinski definition) is 2. The summed E-state index contributed by atoms with van der Waals surface area (Å²) in [6.07, 6.45) is 5.29. The molecular weight excluding hydrogens is 312 g/mol. The number of carbonyl (C=O) groups is 2. The zero-order chi connectivity index (χ0) is 16.2. The van der Waals surface area contributed by atoms with Crippen LogP contribution in [0.5, 0.6) is 0 Å². The van der Waals surface area contributed by atoms with Gasteiger partial charge in [-0.2, -0.15) is 0 Å². The van der Waals surface area contributed by atoms with Crippen molar-refractivity contribution < 1.29 is 9.59 Å². The van der Waals surface area contributed by atoms with E-state index in [0.717, 1.165) is 31.5 Å². The molecule has 1 aromatic rings. The Kier molecular flexibility index (Phi) is 5.21. The number of halogens is 1. The van der Waals surface area contributed by atoms with Crippen molar-refractivity contribution in [3.8, 4) is 0 Å². The van der Waals surface area contributed by atoms with Gasteiger partial charge in [0.1, 0.15) is 0 Å². The predicted octanol–water partition coefficient (Wildman–Crippen LogP) is 2.99. The van der Waals surface area contributed by atoms with E-state index >= 15 is 0 Å². The first-order valence-electron chi connectivity index (χ1n) is 8.46. The van der Waals surface area contributed by atoms with Gasteiger partial charge < -0.3 is 10.2 Å². The highest BCUT2D eigenvalue weighted by molar-refractivity contribution is 6.30. The standard InChI is InChI=1S/C18H23ClN2O2/c19-14-7-5-13(6-8-14)12-20-17(22)15-11-16(15)18(23)21-9-3-1-2-4-10-21/h5-8,15-16H,1-4,9-12H2,(H,20,22). The maximum Gasteiger partial charge on any atom is 0.226 e. The lowest BCUT2D eigenvalue weighted by Gasteiger charge is -2.20. The van der Waals surface area contributed by atoms with Crippen LogP contribution < -0.4 is 5.32 Å². The maximum absolute atomic E-state index is 12.5. The van der Waals surface area contributed by atoms with Crippen LogP contribution in [0, 0.1) is 11.8 Å². The minimum Gasteiger partial charge on any atom is -0.352 e. The summed E-state index contributed by atoms with van der Waals surface area (Å²) < 4.78 is 0. The van der Waals surface area contributed by atoms with Crippen LogP contribution in [-0.4, -0.2) is 29.8 Å². The van der Waals surface area contributed by atoms with Gasteiger partial charge in [-0.05, 0) is 37.0 Å². The quantitative estimate of drug-likeness (QED) is 0.920. The van der Waals surface area contributed by atoms with Gasteiger partial charge in [-0.15, -0.1) is 0 Å². The highest BCUT2D eigenvalue weighted by Gasteiger charge is 2.49. The molecule has 5 heteroatoms. The predicted molar refractivity (Wildman–Crippen MR) is 89.9 cm³/mol. The van der Waals surface area contributed by atoms with Gasteiger partial charge >= 0.3 is 0 Å². The topological polar surface area (TPSA) is 49.4 Å². The fraction of sp³-hybridized carbons (Fsp3) is 0.556. The van der Waals surface area contributed by atoms with Gasteiger partial charge in [-0.1, -0.05) is 36.6 Å². The fourth-order valence-corrected chi connectivity index (χ4v) is 3.33. The van der Waals surface area contributed by atoms with E-state index in [1.807, 2.05) is 29.2 Å². The molecule has 0 spiro atoms. The Labute approximate surface area is 142 Å². The van der Waals surface area contributed by atoms with Crippen molar-refractivity contribution in [1.82, 2.24) is 10.2 Å². The van der Waals surface area contributed by atoms with Gasteiger partial charge in [0.05, 0.1) is 11.8 Å². The molecule has 23 heavy (non-hydrogen) atoms. The average molecular weight is 335 g/mol. The van der Waals surface area contributed by atoms with Crippen LogP contribution in [0.4, 0.5) is 0 Å². The third-order valence-electron chi connectivity index (χ3n) is 4.74. The zero-order valence-corrected chi connectivity index (χ0v) is 14.0. The summed E-state index contributed by atoms with van der Waals surface area (Å²) in [6, 6.07) is 7.42. The Bertz CT molecular complexity index is 565. The van der Waals surface area contributed by atoms with Crippen molar-refractivity contribution in [3.05, 3.63) is 34.9 Å². The Morgan fingerprint density at radius 1 is 1.04 bits per heavy atom. The number of benzene rings is 1. The van der Waals surface area contributed by atoms with Gasteiger partial charge in [-0.3, -0.25) is 9.59 Å². The van der Waals surface area contributed by atoms with Crippen molar-refractivity contribution in [2.24, 2.45) is 11.8 Å². The summed E-state index contributed by atoms with van der Waals surface area (Å²) in [5.74, 6) is -0.0666. The lowest BCUT2D eigenvalue weighted by molar-refractivity contribution is -0.134. The molecule has 0 radical (unpaired) electrons. The smallest absolute Gasteiger partial charge is 0.226 e. The van der Waals surface area contributed by atoms with Crippen LogP contribution >= 0.6 is 11.6 Å². The normalized spacial score (nSPS) is 24.0. The number of hydrogen-bond donors (Lipinski definition) is 1. The van der Waals surface area contributed by atoms with Crippen LogP contribution in [0.3, 0.4) is 0 Å². The molecular formula is C18H23ClN2O2. The Morgan fingerprint density at radius 3 is 2.35 bits per heavy atom. The largest absolute Gasteiger partial charge is 0.352 e. The molecule has 0 bridgehead atoms. The molecule has 1 aliphatic heterocycles. The van der Waals surface area contributed by atoms with Crippen molar-refractivity contribution in [2.75, 3.05) is 13.1 Å². The second-order valence-electron chi connectivity index (χ2n) is 6.53. The van der Waals surface area contributed by atoms with Crippen molar-refractivity contribution in [2.45, 2.75) is 38.6 Å². The van der Waals surface area contributed by atoms with Crippen LogP contribution in [-0.2, 0) is 16.1 Å². The molecule has 1 N–H and O–H groups in total. The van der Waals surface area contributed by atoms with E-state index < -0.39 is 0 Å². The van der Waals surface area contributed by atoms with E-state index in [1.165, 1.54) is 12.8 Å². The molecule has 1 heterocycles. The second kappa shape index (κ2) is 7.35. The molecule has 2 amide bonds. The van der Waals surface area contributed by atoms with Gasteiger partial charge in [0, 0.05) is 24.7 Å². The molecule has 1 aromatic carbocycles. The Morgan fingerprint density at radius 2 is 1.70 bits per heavy atom. The molecule has 1 saturated carbocycles. The first-order chi connectivity index (χ1) is 11.1. The number of nitrogens with one attached hydrogen (secondary N) is 1. The maximum atomic E-state index is 12.5. The van der Waals surface area contributed by atoms with E-state index in [9.17, 15) is 9.59 Å². The van der Waals surface area contributed by atoms with Crippen molar-refractivity contribution in [3.63, 3.8) is 0 Å². The molecule has 2 unspecified atom stereocenters. The molecule has 4 nitrogen and oxygen atoms in total. The van der Waals surface area contributed by atoms with Crippen LogP contribution in [0.15, 0.2) is 24.3 Å². The fourth-order valence-electron chi connectivity index (χ4n) is 3.21.